The van der Waals surface area contributed by atoms with E-state index in [1.54, 1.807) is 13.4 Å². The first-order chi connectivity index (χ1) is 5.04. The number of aliphatic imine (C=N–C) groups is 1. The van der Waals surface area contributed by atoms with Crippen molar-refractivity contribution in [1.82, 2.24) is 4.90 Å². The third-order valence-corrected chi connectivity index (χ3v) is 1.22. The molecule has 11 heavy (non-hydrogen) atoms. The lowest BCUT2D eigenvalue weighted by Crippen LogP contribution is -2.21. The lowest BCUT2D eigenvalue weighted by Gasteiger charge is -2.06. The Morgan fingerprint density at radius 3 is 2.55 bits per heavy atom. The van der Waals surface area contributed by atoms with Crippen LogP contribution in [0.15, 0.2) is 4.99 Å². The van der Waals surface area contributed by atoms with E-state index in [0.717, 1.165) is 6.54 Å². The maximum atomic E-state index is 10.7. The zero-order valence-electron chi connectivity index (χ0n) is 7.66. The van der Waals surface area contributed by atoms with Crippen molar-refractivity contribution in [3.8, 4) is 0 Å². The van der Waals surface area contributed by atoms with Crippen molar-refractivity contribution < 1.29 is 4.79 Å². The summed E-state index contributed by atoms with van der Waals surface area (Å²) in [6.07, 6.45) is 1.57. The van der Waals surface area contributed by atoms with Crippen molar-refractivity contribution >= 4 is 12.2 Å². The minimum absolute atomic E-state index is 0.0116. The van der Waals surface area contributed by atoms with Gasteiger partial charge < -0.3 is 4.90 Å². The maximum Gasteiger partial charge on any atom is 0.224 e. The van der Waals surface area contributed by atoms with E-state index in [-0.39, 0.29) is 5.91 Å². The molecule has 0 aliphatic carbocycles. The van der Waals surface area contributed by atoms with Crippen molar-refractivity contribution in [3.63, 3.8) is 0 Å². The molecule has 0 aromatic heterocycles. The minimum atomic E-state index is 0.0116. The maximum absolute atomic E-state index is 10.7. The molecule has 0 fully saturated rings. The highest BCUT2D eigenvalue weighted by molar-refractivity contribution is 5.85. The lowest BCUT2D eigenvalue weighted by molar-refractivity contribution is -0.123. The first-order valence-corrected chi connectivity index (χ1v) is 3.77. The number of hydrogen-bond acceptors (Lipinski definition) is 2. The molecule has 0 saturated heterocycles. The summed E-state index contributed by atoms with van der Waals surface area (Å²) in [5.41, 5.74) is 0. The fourth-order valence-electron chi connectivity index (χ4n) is 0.462. The van der Waals surface area contributed by atoms with Gasteiger partial charge in [0.25, 0.3) is 0 Å². The van der Waals surface area contributed by atoms with E-state index >= 15 is 0 Å². The van der Waals surface area contributed by atoms with E-state index in [9.17, 15) is 4.79 Å². The molecule has 0 unspecified atom stereocenters. The van der Waals surface area contributed by atoms with Gasteiger partial charge in [-0.05, 0) is 5.92 Å². The summed E-state index contributed by atoms with van der Waals surface area (Å²) >= 11 is 0. The smallest absolute Gasteiger partial charge is 0.224 e. The van der Waals surface area contributed by atoms with E-state index in [0.29, 0.717) is 5.92 Å². The largest absolute Gasteiger partial charge is 0.307 e. The molecule has 0 aromatic rings. The molecule has 0 aromatic carbocycles. The Bertz CT molecular complexity index is 152. The molecule has 3 heteroatoms. The molecule has 0 rings (SSSR count). The topological polar surface area (TPSA) is 32.7 Å². The van der Waals surface area contributed by atoms with Gasteiger partial charge in [0.2, 0.25) is 5.91 Å². The van der Waals surface area contributed by atoms with E-state index in [2.05, 4.69) is 18.8 Å². The van der Waals surface area contributed by atoms with Gasteiger partial charge in [0, 0.05) is 20.5 Å². The highest BCUT2D eigenvalue weighted by Crippen LogP contribution is 1.90. The standard InChI is InChI=1S/C8H16N2O/c1-7(2)5-9-6-10(4)8(3)11/h6-7H,5H2,1-4H3. The summed E-state index contributed by atoms with van der Waals surface area (Å²) in [5, 5.41) is 0. The van der Waals surface area contributed by atoms with Crippen LogP contribution in [0.1, 0.15) is 20.8 Å². The fraction of sp³-hybridized carbons (Fsp3) is 0.750. The molecule has 1 amide bonds. The second kappa shape index (κ2) is 4.88. The first-order valence-electron chi connectivity index (χ1n) is 3.77. The van der Waals surface area contributed by atoms with Crippen molar-refractivity contribution in [2.75, 3.05) is 13.6 Å². The van der Waals surface area contributed by atoms with Crippen LogP contribution in [0.25, 0.3) is 0 Å². The summed E-state index contributed by atoms with van der Waals surface area (Å²) in [4.78, 5) is 16.2. The second-order valence-corrected chi connectivity index (χ2v) is 3.00. The molecule has 3 nitrogen and oxygen atoms in total. The molecule has 0 heterocycles. The van der Waals surface area contributed by atoms with Crippen LogP contribution in [0.5, 0.6) is 0 Å². The Morgan fingerprint density at radius 2 is 2.18 bits per heavy atom. The van der Waals surface area contributed by atoms with Crippen LogP contribution in [-0.4, -0.2) is 30.7 Å². The average molecular weight is 156 g/mol. The molecule has 0 atom stereocenters. The van der Waals surface area contributed by atoms with Crippen LogP contribution in [0.2, 0.25) is 0 Å². The SMILES string of the molecule is CC(=O)N(C)C=NCC(C)C. The Kier molecular flexibility index (Phi) is 4.50. The summed E-state index contributed by atoms with van der Waals surface area (Å²) < 4.78 is 0. The number of hydrogen-bond donors (Lipinski definition) is 0. The van der Waals surface area contributed by atoms with Gasteiger partial charge in [0.1, 0.15) is 0 Å². The predicted octanol–water partition coefficient (Wildman–Crippen LogP) is 1.15. The Balaban J connectivity index is 3.65. The molecule has 0 saturated carbocycles. The van der Waals surface area contributed by atoms with Crippen LogP contribution >= 0.6 is 0 Å². The van der Waals surface area contributed by atoms with Crippen molar-refractivity contribution in [2.45, 2.75) is 20.8 Å². The predicted molar refractivity (Wildman–Crippen MR) is 46.6 cm³/mol. The monoisotopic (exact) mass is 156 g/mol. The van der Waals surface area contributed by atoms with E-state index in [4.69, 9.17) is 0 Å². The minimum Gasteiger partial charge on any atom is -0.307 e. The van der Waals surface area contributed by atoms with Crippen molar-refractivity contribution in [3.05, 3.63) is 0 Å². The van der Waals surface area contributed by atoms with Crippen LogP contribution in [0.3, 0.4) is 0 Å². The van der Waals surface area contributed by atoms with Gasteiger partial charge in [-0.3, -0.25) is 9.79 Å². The van der Waals surface area contributed by atoms with Gasteiger partial charge in [0.05, 0.1) is 6.34 Å². The molecule has 64 valence electrons. The lowest BCUT2D eigenvalue weighted by atomic mass is 10.2. The van der Waals surface area contributed by atoms with Crippen molar-refractivity contribution in [2.24, 2.45) is 10.9 Å². The molecule has 0 radical (unpaired) electrons. The van der Waals surface area contributed by atoms with Gasteiger partial charge >= 0.3 is 0 Å². The quantitative estimate of drug-likeness (QED) is 0.445. The van der Waals surface area contributed by atoms with E-state index in [1.165, 1.54) is 11.8 Å². The first kappa shape index (κ1) is 10.1. The van der Waals surface area contributed by atoms with Crippen LogP contribution in [-0.2, 0) is 4.79 Å². The van der Waals surface area contributed by atoms with Crippen LogP contribution in [0.4, 0.5) is 0 Å². The fourth-order valence-corrected chi connectivity index (χ4v) is 0.462. The number of carbonyl (C=O) groups excluding carboxylic acids is 1. The number of carbonyl (C=O) groups is 1. The normalized spacial score (nSPS) is 11.0. The Hall–Kier alpha value is -0.860. The van der Waals surface area contributed by atoms with Gasteiger partial charge in [-0.25, -0.2) is 0 Å². The summed E-state index contributed by atoms with van der Waals surface area (Å²) in [5.74, 6) is 0.559. The van der Waals surface area contributed by atoms with Crippen LogP contribution < -0.4 is 0 Å². The molecular formula is C8H16N2O. The van der Waals surface area contributed by atoms with Crippen LogP contribution in [0, 0.1) is 5.92 Å². The molecule has 0 N–H and O–H groups in total. The Morgan fingerprint density at radius 1 is 1.64 bits per heavy atom. The number of rotatable bonds is 3. The zero-order chi connectivity index (χ0) is 8.85. The second-order valence-electron chi connectivity index (χ2n) is 3.00. The summed E-state index contributed by atoms with van der Waals surface area (Å²) in [6.45, 7) is 6.47. The zero-order valence-corrected chi connectivity index (χ0v) is 7.66. The van der Waals surface area contributed by atoms with Crippen molar-refractivity contribution in [1.29, 1.82) is 0 Å². The third-order valence-electron chi connectivity index (χ3n) is 1.22. The van der Waals surface area contributed by atoms with E-state index in [1.807, 2.05) is 0 Å². The molecule has 0 aliphatic heterocycles. The summed E-state index contributed by atoms with van der Waals surface area (Å²) in [6, 6.07) is 0. The Labute approximate surface area is 68.1 Å². The highest BCUT2D eigenvalue weighted by atomic mass is 16.2. The van der Waals surface area contributed by atoms with Gasteiger partial charge in [-0.15, -0.1) is 0 Å². The van der Waals surface area contributed by atoms with E-state index < -0.39 is 0 Å². The van der Waals surface area contributed by atoms with Gasteiger partial charge in [-0.1, -0.05) is 13.8 Å². The molecular weight excluding hydrogens is 140 g/mol. The number of nitrogens with zero attached hydrogens (tertiary/aromatic N) is 2. The molecule has 0 bridgehead atoms. The average Bonchev–Trinajstić information content (AvgIpc) is 1.86. The van der Waals surface area contributed by atoms with Gasteiger partial charge in [-0.2, -0.15) is 0 Å². The van der Waals surface area contributed by atoms with Gasteiger partial charge in [0.15, 0.2) is 0 Å². The molecule has 0 spiro atoms. The highest BCUT2D eigenvalue weighted by Gasteiger charge is 1.95. The number of amides is 1. The third kappa shape index (κ3) is 5.58. The molecule has 0 aliphatic rings. The summed E-state index contributed by atoms with van der Waals surface area (Å²) in [7, 11) is 1.70.